The summed E-state index contributed by atoms with van der Waals surface area (Å²) in [4.78, 5) is 0. The number of hydrogen-bond donors (Lipinski definition) is 1. The highest BCUT2D eigenvalue weighted by Crippen LogP contribution is 2.22. The molecule has 0 bridgehead atoms. The van der Waals surface area contributed by atoms with Crippen LogP contribution in [0, 0.1) is 0 Å². The van der Waals surface area contributed by atoms with Crippen molar-refractivity contribution in [2.24, 2.45) is 0 Å². The van der Waals surface area contributed by atoms with Crippen molar-refractivity contribution >= 4 is 10.8 Å². The van der Waals surface area contributed by atoms with Crippen LogP contribution >= 0.6 is 0 Å². The molecule has 1 N–H and O–H groups in total. The molecule has 94 valence electrons. The van der Waals surface area contributed by atoms with E-state index in [0.717, 1.165) is 5.56 Å². The summed E-state index contributed by atoms with van der Waals surface area (Å²) in [7, 11) is 0. The molecule has 0 radical (unpaired) electrons. The molecule has 0 atom stereocenters. The van der Waals surface area contributed by atoms with Crippen LogP contribution in [0.2, 0.25) is 0 Å². The summed E-state index contributed by atoms with van der Waals surface area (Å²) >= 11 is 0. The minimum Gasteiger partial charge on any atom is -0.508 e. The molecule has 0 amide bonds. The Labute approximate surface area is 111 Å². The number of fused-ring (bicyclic) bond motifs is 1. The molecule has 19 heavy (non-hydrogen) atoms. The van der Waals surface area contributed by atoms with E-state index in [1.54, 1.807) is 18.2 Å². The smallest absolute Gasteiger partial charge is 0.123 e. The molecule has 0 aliphatic rings. The van der Waals surface area contributed by atoms with Gasteiger partial charge in [0.2, 0.25) is 0 Å². The van der Waals surface area contributed by atoms with Crippen LogP contribution in [0.1, 0.15) is 5.56 Å². The molecule has 0 aliphatic heterocycles. The summed E-state index contributed by atoms with van der Waals surface area (Å²) in [6.45, 7) is 0.491. The third-order valence-electron chi connectivity index (χ3n) is 3.09. The Kier molecular flexibility index (Phi) is 3.07. The fourth-order valence-electron chi connectivity index (χ4n) is 2.15. The van der Waals surface area contributed by atoms with Gasteiger partial charge in [0.25, 0.3) is 0 Å². The van der Waals surface area contributed by atoms with Gasteiger partial charge in [-0.2, -0.15) is 0 Å². The standard InChI is InChI=1S/C17H14O2/c18-15-8-4-9-16(11-15)19-12-14-7-3-6-13-5-1-2-10-17(13)14/h1-11,18H,12H2. The van der Waals surface area contributed by atoms with Gasteiger partial charge >= 0.3 is 0 Å². The lowest BCUT2D eigenvalue weighted by atomic mass is 10.1. The SMILES string of the molecule is Oc1cccc(OCc2cccc3ccccc23)c1. The number of rotatable bonds is 3. The van der Waals surface area contributed by atoms with Crippen molar-refractivity contribution in [3.8, 4) is 11.5 Å². The number of phenols is 1. The minimum absolute atomic E-state index is 0.218. The van der Waals surface area contributed by atoms with Gasteiger partial charge in [-0.1, -0.05) is 48.5 Å². The van der Waals surface area contributed by atoms with Crippen LogP contribution < -0.4 is 4.74 Å². The Balaban J connectivity index is 1.86. The van der Waals surface area contributed by atoms with Crippen molar-refractivity contribution in [2.75, 3.05) is 0 Å². The van der Waals surface area contributed by atoms with Crippen LogP contribution in [0.4, 0.5) is 0 Å². The summed E-state index contributed by atoms with van der Waals surface area (Å²) in [6, 6.07) is 21.3. The summed E-state index contributed by atoms with van der Waals surface area (Å²) in [5.74, 6) is 0.892. The van der Waals surface area contributed by atoms with Gasteiger partial charge in [0.1, 0.15) is 18.1 Å². The van der Waals surface area contributed by atoms with Crippen LogP contribution in [0.5, 0.6) is 11.5 Å². The maximum Gasteiger partial charge on any atom is 0.123 e. The largest absolute Gasteiger partial charge is 0.508 e. The predicted octanol–water partition coefficient (Wildman–Crippen LogP) is 4.12. The molecular weight excluding hydrogens is 236 g/mol. The number of ether oxygens (including phenoxy) is 1. The quantitative estimate of drug-likeness (QED) is 0.757. The highest BCUT2D eigenvalue weighted by Gasteiger charge is 2.01. The van der Waals surface area contributed by atoms with Crippen molar-refractivity contribution in [3.05, 3.63) is 72.3 Å². The maximum atomic E-state index is 9.40. The highest BCUT2D eigenvalue weighted by atomic mass is 16.5. The number of aromatic hydroxyl groups is 1. The van der Waals surface area contributed by atoms with E-state index in [4.69, 9.17) is 4.74 Å². The topological polar surface area (TPSA) is 29.5 Å². The number of benzene rings is 3. The number of phenolic OH excluding ortho intramolecular Hbond substituents is 1. The van der Waals surface area contributed by atoms with E-state index in [2.05, 4.69) is 24.3 Å². The molecule has 0 saturated carbocycles. The van der Waals surface area contributed by atoms with E-state index in [-0.39, 0.29) is 5.75 Å². The summed E-state index contributed by atoms with van der Waals surface area (Å²) in [5, 5.41) is 11.8. The lowest BCUT2D eigenvalue weighted by Crippen LogP contribution is -1.96. The van der Waals surface area contributed by atoms with Crippen molar-refractivity contribution in [1.82, 2.24) is 0 Å². The second kappa shape index (κ2) is 5.02. The van der Waals surface area contributed by atoms with Crippen molar-refractivity contribution < 1.29 is 9.84 Å². The van der Waals surface area contributed by atoms with Gasteiger partial charge in [-0.3, -0.25) is 0 Å². The van der Waals surface area contributed by atoms with Crippen molar-refractivity contribution in [2.45, 2.75) is 6.61 Å². The van der Waals surface area contributed by atoms with Gasteiger partial charge in [0.05, 0.1) is 0 Å². The maximum absolute atomic E-state index is 9.40. The molecule has 0 aliphatic carbocycles. The lowest BCUT2D eigenvalue weighted by molar-refractivity contribution is 0.306. The monoisotopic (exact) mass is 250 g/mol. The van der Waals surface area contributed by atoms with Gasteiger partial charge in [-0.05, 0) is 28.5 Å². The fourth-order valence-corrected chi connectivity index (χ4v) is 2.15. The van der Waals surface area contributed by atoms with Gasteiger partial charge in [-0.15, -0.1) is 0 Å². The van der Waals surface area contributed by atoms with Crippen LogP contribution in [-0.4, -0.2) is 5.11 Å². The Morgan fingerprint density at radius 1 is 0.842 bits per heavy atom. The third kappa shape index (κ3) is 2.52. The molecule has 0 unspecified atom stereocenters. The molecular formula is C17H14O2. The Hall–Kier alpha value is -2.48. The second-order valence-corrected chi connectivity index (χ2v) is 4.42. The Bertz CT molecular complexity index is 699. The van der Waals surface area contributed by atoms with E-state index in [1.807, 2.05) is 24.3 Å². The average molecular weight is 250 g/mol. The Morgan fingerprint density at radius 3 is 2.53 bits per heavy atom. The van der Waals surface area contributed by atoms with Crippen LogP contribution in [0.25, 0.3) is 10.8 Å². The molecule has 0 saturated heterocycles. The predicted molar refractivity (Wildman–Crippen MR) is 76.4 cm³/mol. The zero-order valence-corrected chi connectivity index (χ0v) is 10.4. The zero-order valence-electron chi connectivity index (χ0n) is 10.4. The van der Waals surface area contributed by atoms with E-state index >= 15 is 0 Å². The molecule has 3 aromatic carbocycles. The lowest BCUT2D eigenvalue weighted by Gasteiger charge is -2.09. The molecule has 2 heteroatoms. The summed E-state index contributed by atoms with van der Waals surface area (Å²) in [5.41, 5.74) is 1.14. The fraction of sp³-hybridized carbons (Fsp3) is 0.0588. The Morgan fingerprint density at radius 2 is 1.63 bits per heavy atom. The molecule has 0 fully saturated rings. The van der Waals surface area contributed by atoms with E-state index < -0.39 is 0 Å². The molecule has 3 rings (SSSR count). The molecule has 0 spiro atoms. The first kappa shape index (κ1) is 11.6. The van der Waals surface area contributed by atoms with Gasteiger partial charge in [0.15, 0.2) is 0 Å². The summed E-state index contributed by atoms with van der Waals surface area (Å²) < 4.78 is 5.72. The van der Waals surface area contributed by atoms with Crippen LogP contribution in [0.3, 0.4) is 0 Å². The normalized spacial score (nSPS) is 10.5. The number of hydrogen-bond acceptors (Lipinski definition) is 2. The van der Waals surface area contributed by atoms with Gasteiger partial charge < -0.3 is 9.84 Å². The summed E-state index contributed by atoms with van der Waals surface area (Å²) in [6.07, 6.45) is 0. The minimum atomic E-state index is 0.218. The van der Waals surface area contributed by atoms with E-state index in [1.165, 1.54) is 10.8 Å². The third-order valence-corrected chi connectivity index (χ3v) is 3.09. The van der Waals surface area contributed by atoms with E-state index in [9.17, 15) is 5.11 Å². The molecule has 2 nitrogen and oxygen atoms in total. The zero-order chi connectivity index (χ0) is 13.1. The average Bonchev–Trinajstić information content (AvgIpc) is 2.45. The molecule has 0 aromatic heterocycles. The second-order valence-electron chi connectivity index (χ2n) is 4.42. The first-order valence-electron chi connectivity index (χ1n) is 6.21. The first-order valence-corrected chi connectivity index (χ1v) is 6.21. The van der Waals surface area contributed by atoms with Crippen LogP contribution in [0.15, 0.2) is 66.7 Å². The van der Waals surface area contributed by atoms with Gasteiger partial charge in [0, 0.05) is 6.07 Å². The molecule has 0 heterocycles. The van der Waals surface area contributed by atoms with Crippen molar-refractivity contribution in [3.63, 3.8) is 0 Å². The highest BCUT2D eigenvalue weighted by molar-refractivity contribution is 5.85. The van der Waals surface area contributed by atoms with Crippen molar-refractivity contribution in [1.29, 1.82) is 0 Å². The molecule has 3 aromatic rings. The first-order chi connectivity index (χ1) is 9.33. The van der Waals surface area contributed by atoms with Gasteiger partial charge in [-0.25, -0.2) is 0 Å². The van der Waals surface area contributed by atoms with E-state index in [0.29, 0.717) is 12.4 Å². The van der Waals surface area contributed by atoms with Crippen LogP contribution in [-0.2, 0) is 6.61 Å².